The topological polar surface area (TPSA) is 21.3 Å². The molecule has 0 aromatic heterocycles. The molecule has 0 spiro atoms. The van der Waals surface area contributed by atoms with Crippen LogP contribution in [0, 0.1) is 0 Å². The van der Waals surface area contributed by atoms with Crippen LogP contribution in [0.5, 0.6) is 5.75 Å². The van der Waals surface area contributed by atoms with Crippen LogP contribution in [0.15, 0.2) is 48.6 Å². The molecule has 2 nitrogen and oxygen atoms in total. The molecular weight excluding hydrogens is 246 g/mol. The maximum absolute atomic E-state index is 5.45. The first-order valence-corrected chi connectivity index (χ1v) is 7.31. The van der Waals surface area contributed by atoms with Gasteiger partial charge in [-0.05, 0) is 36.3 Å². The molecule has 0 bridgehead atoms. The highest BCUT2D eigenvalue weighted by molar-refractivity contribution is 5.91. The Morgan fingerprint density at radius 1 is 1.10 bits per heavy atom. The minimum absolute atomic E-state index is 0.612. The fraction of sp³-hybridized carbons (Fsp3) is 0.333. The summed E-state index contributed by atoms with van der Waals surface area (Å²) in [7, 11) is 1.73. The smallest absolute Gasteiger partial charge is 0.126 e. The van der Waals surface area contributed by atoms with Gasteiger partial charge in [0.25, 0.3) is 0 Å². The first kappa shape index (κ1) is 13.2. The molecule has 1 aliphatic carbocycles. The standard InChI is InChI=1S/C18H21NO/c1-20-18-12-11-14(16-9-5-6-10-17(16)18)13-19-15-7-3-2-4-8-15/h2-3,5-6,9-12,15,19H,4,7-8,13H2,1H3. The Hall–Kier alpha value is -1.80. The molecule has 3 rings (SSSR count). The lowest BCUT2D eigenvalue weighted by Gasteiger charge is -2.20. The molecule has 0 fully saturated rings. The summed E-state index contributed by atoms with van der Waals surface area (Å²) >= 11 is 0. The molecule has 0 saturated carbocycles. The lowest BCUT2D eigenvalue weighted by Crippen LogP contribution is -2.29. The summed E-state index contributed by atoms with van der Waals surface area (Å²) in [6, 6.07) is 13.3. The average molecular weight is 267 g/mol. The van der Waals surface area contributed by atoms with Crippen LogP contribution in [0.3, 0.4) is 0 Å². The van der Waals surface area contributed by atoms with Crippen molar-refractivity contribution >= 4 is 10.8 Å². The van der Waals surface area contributed by atoms with Gasteiger partial charge in [-0.15, -0.1) is 0 Å². The van der Waals surface area contributed by atoms with Crippen molar-refractivity contribution in [1.82, 2.24) is 5.32 Å². The third-order valence-electron chi connectivity index (χ3n) is 4.04. The number of rotatable bonds is 4. The predicted octanol–water partition coefficient (Wildman–Crippen LogP) is 4.05. The molecule has 1 atom stereocenters. The Kier molecular flexibility index (Phi) is 4.03. The normalized spacial score (nSPS) is 18.4. The minimum Gasteiger partial charge on any atom is -0.496 e. The van der Waals surface area contributed by atoms with E-state index < -0.39 is 0 Å². The Balaban J connectivity index is 1.82. The van der Waals surface area contributed by atoms with E-state index in [2.05, 4.69) is 53.9 Å². The Morgan fingerprint density at radius 3 is 2.70 bits per heavy atom. The second-order valence-corrected chi connectivity index (χ2v) is 5.33. The predicted molar refractivity (Wildman–Crippen MR) is 84.1 cm³/mol. The number of nitrogens with one attached hydrogen (secondary N) is 1. The molecule has 20 heavy (non-hydrogen) atoms. The van der Waals surface area contributed by atoms with Crippen molar-refractivity contribution in [3.8, 4) is 5.75 Å². The summed E-state index contributed by atoms with van der Waals surface area (Å²) < 4.78 is 5.45. The quantitative estimate of drug-likeness (QED) is 0.844. The van der Waals surface area contributed by atoms with Crippen molar-refractivity contribution < 1.29 is 4.74 Å². The second kappa shape index (κ2) is 6.10. The summed E-state index contributed by atoms with van der Waals surface area (Å²) in [4.78, 5) is 0. The summed E-state index contributed by atoms with van der Waals surface area (Å²) in [5.74, 6) is 0.949. The highest BCUT2D eigenvalue weighted by Crippen LogP contribution is 2.28. The van der Waals surface area contributed by atoms with Gasteiger partial charge in [-0.3, -0.25) is 0 Å². The van der Waals surface area contributed by atoms with Crippen molar-refractivity contribution in [2.75, 3.05) is 7.11 Å². The maximum Gasteiger partial charge on any atom is 0.126 e. The van der Waals surface area contributed by atoms with Crippen LogP contribution in [0.4, 0.5) is 0 Å². The van der Waals surface area contributed by atoms with Crippen molar-refractivity contribution in [2.24, 2.45) is 0 Å². The number of ether oxygens (including phenoxy) is 1. The monoisotopic (exact) mass is 267 g/mol. The van der Waals surface area contributed by atoms with Gasteiger partial charge in [0.15, 0.2) is 0 Å². The van der Waals surface area contributed by atoms with Crippen LogP contribution in [-0.4, -0.2) is 13.2 Å². The van der Waals surface area contributed by atoms with E-state index >= 15 is 0 Å². The summed E-state index contributed by atoms with van der Waals surface area (Å²) in [5, 5.41) is 6.15. The van der Waals surface area contributed by atoms with Gasteiger partial charge in [0.05, 0.1) is 7.11 Å². The first-order chi connectivity index (χ1) is 9.88. The molecule has 2 aromatic rings. The largest absolute Gasteiger partial charge is 0.496 e. The van der Waals surface area contributed by atoms with Gasteiger partial charge < -0.3 is 10.1 Å². The number of benzene rings is 2. The number of hydrogen-bond donors (Lipinski definition) is 1. The number of allylic oxidation sites excluding steroid dienone is 1. The van der Waals surface area contributed by atoms with Gasteiger partial charge >= 0.3 is 0 Å². The van der Waals surface area contributed by atoms with E-state index in [0.29, 0.717) is 6.04 Å². The summed E-state index contributed by atoms with van der Waals surface area (Å²) in [6.45, 7) is 0.920. The van der Waals surface area contributed by atoms with E-state index in [9.17, 15) is 0 Å². The second-order valence-electron chi connectivity index (χ2n) is 5.33. The third kappa shape index (κ3) is 2.70. The maximum atomic E-state index is 5.45. The van der Waals surface area contributed by atoms with Gasteiger partial charge in [0.1, 0.15) is 5.75 Å². The molecule has 0 saturated heterocycles. The molecule has 104 valence electrons. The lowest BCUT2D eigenvalue weighted by atomic mass is 10.00. The number of methoxy groups -OCH3 is 1. The molecule has 0 heterocycles. The van der Waals surface area contributed by atoms with E-state index in [1.54, 1.807) is 7.11 Å². The molecular formula is C18H21NO. The van der Waals surface area contributed by atoms with E-state index in [1.165, 1.54) is 29.2 Å². The molecule has 2 heteroatoms. The van der Waals surface area contributed by atoms with Gasteiger partial charge in [-0.2, -0.15) is 0 Å². The number of fused-ring (bicyclic) bond motifs is 1. The van der Waals surface area contributed by atoms with E-state index in [1.807, 2.05) is 0 Å². The van der Waals surface area contributed by atoms with Crippen LogP contribution in [0.25, 0.3) is 10.8 Å². The van der Waals surface area contributed by atoms with E-state index in [-0.39, 0.29) is 0 Å². The molecule has 1 unspecified atom stereocenters. The highest BCUT2D eigenvalue weighted by atomic mass is 16.5. The zero-order valence-electron chi connectivity index (χ0n) is 11.9. The van der Waals surface area contributed by atoms with Gasteiger partial charge in [0.2, 0.25) is 0 Å². The SMILES string of the molecule is COc1ccc(CNC2CC=CCC2)c2ccccc12. The van der Waals surface area contributed by atoms with Gasteiger partial charge in [0, 0.05) is 18.0 Å². The minimum atomic E-state index is 0.612. The zero-order valence-corrected chi connectivity index (χ0v) is 11.9. The van der Waals surface area contributed by atoms with E-state index in [0.717, 1.165) is 18.7 Å². The first-order valence-electron chi connectivity index (χ1n) is 7.31. The zero-order chi connectivity index (χ0) is 13.8. The fourth-order valence-corrected chi connectivity index (χ4v) is 2.90. The average Bonchev–Trinajstić information content (AvgIpc) is 2.53. The fourth-order valence-electron chi connectivity index (χ4n) is 2.90. The van der Waals surface area contributed by atoms with Crippen LogP contribution < -0.4 is 10.1 Å². The molecule has 1 aliphatic rings. The molecule has 0 aliphatic heterocycles. The highest BCUT2D eigenvalue weighted by Gasteiger charge is 2.10. The lowest BCUT2D eigenvalue weighted by molar-refractivity contribution is 0.419. The van der Waals surface area contributed by atoms with Crippen molar-refractivity contribution in [3.63, 3.8) is 0 Å². The summed E-state index contributed by atoms with van der Waals surface area (Å²) in [5.41, 5.74) is 1.34. The van der Waals surface area contributed by atoms with Crippen LogP contribution in [-0.2, 0) is 6.54 Å². The van der Waals surface area contributed by atoms with Crippen molar-refractivity contribution in [2.45, 2.75) is 31.8 Å². The van der Waals surface area contributed by atoms with Crippen LogP contribution >= 0.6 is 0 Å². The third-order valence-corrected chi connectivity index (χ3v) is 4.04. The molecule has 1 N–H and O–H groups in total. The van der Waals surface area contributed by atoms with Crippen LogP contribution in [0.2, 0.25) is 0 Å². The Bertz CT molecular complexity index is 618. The van der Waals surface area contributed by atoms with Gasteiger partial charge in [-0.1, -0.05) is 42.5 Å². The van der Waals surface area contributed by atoms with Crippen molar-refractivity contribution in [3.05, 3.63) is 54.1 Å². The Labute approximate surface area is 120 Å². The summed E-state index contributed by atoms with van der Waals surface area (Å²) in [6.07, 6.45) is 8.15. The molecule has 0 radical (unpaired) electrons. The van der Waals surface area contributed by atoms with E-state index in [4.69, 9.17) is 4.74 Å². The number of hydrogen-bond acceptors (Lipinski definition) is 2. The molecule has 0 amide bonds. The molecule has 2 aromatic carbocycles. The van der Waals surface area contributed by atoms with Crippen LogP contribution in [0.1, 0.15) is 24.8 Å². The van der Waals surface area contributed by atoms with Crippen molar-refractivity contribution in [1.29, 1.82) is 0 Å². The Morgan fingerprint density at radius 2 is 1.95 bits per heavy atom. The van der Waals surface area contributed by atoms with Gasteiger partial charge in [-0.25, -0.2) is 0 Å².